The Morgan fingerprint density at radius 1 is 1.26 bits per heavy atom. The SMILES string of the molecule is Cl.Cl.Fc1ncccc1[C@H](C1CC1)N1CCNCC1. The molecule has 0 spiro atoms. The van der Waals surface area contributed by atoms with Crippen LogP contribution in [0.4, 0.5) is 4.39 Å². The van der Waals surface area contributed by atoms with E-state index in [1.54, 1.807) is 0 Å². The van der Waals surface area contributed by atoms with E-state index < -0.39 is 0 Å². The van der Waals surface area contributed by atoms with Crippen LogP contribution in [0.1, 0.15) is 24.4 Å². The number of piperazine rings is 1. The van der Waals surface area contributed by atoms with Crippen molar-refractivity contribution in [1.29, 1.82) is 0 Å². The Bertz CT molecular complexity index is 395. The van der Waals surface area contributed by atoms with Crippen LogP contribution in [-0.4, -0.2) is 36.1 Å². The normalized spacial score (nSPS) is 21.1. The van der Waals surface area contributed by atoms with Gasteiger partial charge < -0.3 is 5.32 Å². The maximum atomic E-state index is 13.8. The van der Waals surface area contributed by atoms with E-state index in [9.17, 15) is 4.39 Å². The molecule has 0 radical (unpaired) electrons. The average molecular weight is 308 g/mol. The molecule has 1 aliphatic heterocycles. The van der Waals surface area contributed by atoms with Gasteiger partial charge in [0.1, 0.15) is 0 Å². The second-order valence-corrected chi connectivity index (χ2v) is 4.95. The zero-order valence-electron chi connectivity index (χ0n) is 10.7. The van der Waals surface area contributed by atoms with E-state index in [0.717, 1.165) is 31.7 Å². The molecule has 1 aromatic heterocycles. The molecule has 1 N–H and O–H groups in total. The molecule has 1 aliphatic carbocycles. The number of nitrogens with one attached hydrogen (secondary N) is 1. The van der Waals surface area contributed by atoms with E-state index in [0.29, 0.717) is 5.92 Å². The van der Waals surface area contributed by atoms with Crippen LogP contribution in [0, 0.1) is 11.9 Å². The Balaban J connectivity index is 0.000000902. The van der Waals surface area contributed by atoms with E-state index in [4.69, 9.17) is 0 Å². The second-order valence-electron chi connectivity index (χ2n) is 4.95. The van der Waals surface area contributed by atoms with Crippen LogP contribution in [0.15, 0.2) is 18.3 Å². The van der Waals surface area contributed by atoms with E-state index in [1.807, 2.05) is 12.1 Å². The van der Waals surface area contributed by atoms with Crippen molar-refractivity contribution in [2.75, 3.05) is 26.2 Å². The molecule has 2 aliphatic rings. The minimum atomic E-state index is -0.289. The molecule has 0 unspecified atom stereocenters. The monoisotopic (exact) mass is 307 g/mol. The lowest BCUT2D eigenvalue weighted by molar-refractivity contribution is 0.152. The van der Waals surface area contributed by atoms with Crippen LogP contribution < -0.4 is 5.32 Å². The molecular weight excluding hydrogens is 288 g/mol. The van der Waals surface area contributed by atoms with Gasteiger partial charge in [-0.2, -0.15) is 4.39 Å². The van der Waals surface area contributed by atoms with Gasteiger partial charge >= 0.3 is 0 Å². The quantitative estimate of drug-likeness (QED) is 0.869. The molecule has 2 heterocycles. The molecule has 1 saturated carbocycles. The molecule has 0 bridgehead atoms. The number of pyridine rings is 1. The molecule has 0 aromatic carbocycles. The highest BCUT2D eigenvalue weighted by molar-refractivity contribution is 5.85. The molecule has 0 amide bonds. The minimum Gasteiger partial charge on any atom is -0.314 e. The summed E-state index contributed by atoms with van der Waals surface area (Å²) in [6.07, 6.45) is 3.98. The van der Waals surface area contributed by atoms with Gasteiger partial charge in [-0.25, -0.2) is 4.98 Å². The van der Waals surface area contributed by atoms with Crippen LogP contribution >= 0.6 is 24.8 Å². The third-order valence-electron chi connectivity index (χ3n) is 3.72. The summed E-state index contributed by atoms with van der Waals surface area (Å²) in [6.45, 7) is 4.03. The Kier molecular flexibility index (Phi) is 6.47. The van der Waals surface area contributed by atoms with Crippen molar-refractivity contribution in [2.24, 2.45) is 5.92 Å². The number of hydrogen-bond donors (Lipinski definition) is 1. The van der Waals surface area contributed by atoms with Gasteiger partial charge in [0.05, 0.1) is 0 Å². The topological polar surface area (TPSA) is 28.2 Å². The van der Waals surface area contributed by atoms with Gasteiger partial charge in [0.2, 0.25) is 5.95 Å². The molecule has 1 aromatic rings. The van der Waals surface area contributed by atoms with Crippen molar-refractivity contribution >= 4 is 24.8 Å². The highest BCUT2D eigenvalue weighted by Crippen LogP contribution is 2.44. The summed E-state index contributed by atoms with van der Waals surface area (Å²) >= 11 is 0. The highest BCUT2D eigenvalue weighted by atomic mass is 35.5. The Hall–Kier alpha value is -0.420. The van der Waals surface area contributed by atoms with E-state index >= 15 is 0 Å². The minimum absolute atomic E-state index is 0. The second kappa shape index (κ2) is 7.39. The standard InChI is InChI=1S/C13H18FN3.2ClH/c14-13-11(2-1-5-16-13)12(10-3-4-10)17-8-6-15-7-9-17;;/h1-2,5,10,12,15H,3-4,6-9H2;2*1H/t12-;;/m0../s1. The lowest BCUT2D eigenvalue weighted by atomic mass is 10.0. The fraction of sp³-hybridized carbons (Fsp3) is 0.615. The highest BCUT2D eigenvalue weighted by Gasteiger charge is 2.38. The van der Waals surface area contributed by atoms with Gasteiger partial charge in [0.15, 0.2) is 0 Å². The summed E-state index contributed by atoms with van der Waals surface area (Å²) < 4.78 is 13.8. The first kappa shape index (κ1) is 16.6. The first-order valence-electron chi connectivity index (χ1n) is 6.41. The number of hydrogen-bond acceptors (Lipinski definition) is 3. The number of halogens is 3. The third-order valence-corrected chi connectivity index (χ3v) is 3.72. The van der Waals surface area contributed by atoms with E-state index in [-0.39, 0.29) is 36.8 Å². The van der Waals surface area contributed by atoms with Crippen molar-refractivity contribution in [1.82, 2.24) is 15.2 Å². The maximum Gasteiger partial charge on any atom is 0.217 e. The van der Waals surface area contributed by atoms with Crippen molar-refractivity contribution < 1.29 is 4.39 Å². The maximum absolute atomic E-state index is 13.8. The molecule has 19 heavy (non-hydrogen) atoms. The van der Waals surface area contributed by atoms with Gasteiger partial charge in [-0.15, -0.1) is 24.8 Å². The summed E-state index contributed by atoms with van der Waals surface area (Å²) in [5.41, 5.74) is 0.789. The molecule has 3 rings (SSSR count). The summed E-state index contributed by atoms with van der Waals surface area (Å²) in [7, 11) is 0. The smallest absolute Gasteiger partial charge is 0.217 e. The molecule has 2 fully saturated rings. The fourth-order valence-electron chi connectivity index (χ4n) is 2.74. The summed E-state index contributed by atoms with van der Waals surface area (Å²) in [6, 6.07) is 3.98. The van der Waals surface area contributed by atoms with Crippen LogP contribution in [-0.2, 0) is 0 Å². The van der Waals surface area contributed by atoms with Crippen LogP contribution in [0.3, 0.4) is 0 Å². The molecule has 1 atom stereocenters. The Morgan fingerprint density at radius 2 is 1.95 bits per heavy atom. The predicted octanol–water partition coefficient (Wildman–Crippen LogP) is 2.42. The molecule has 1 saturated heterocycles. The largest absolute Gasteiger partial charge is 0.314 e. The number of rotatable bonds is 3. The van der Waals surface area contributed by atoms with Crippen molar-refractivity contribution in [3.8, 4) is 0 Å². The van der Waals surface area contributed by atoms with Crippen molar-refractivity contribution in [3.05, 3.63) is 29.8 Å². The zero-order valence-corrected chi connectivity index (χ0v) is 12.4. The first-order chi connectivity index (χ1) is 8.36. The van der Waals surface area contributed by atoms with E-state index in [1.165, 1.54) is 19.0 Å². The van der Waals surface area contributed by atoms with Gasteiger partial charge in [0, 0.05) is 44.0 Å². The summed E-state index contributed by atoms with van der Waals surface area (Å²) in [4.78, 5) is 6.21. The predicted molar refractivity (Wildman–Crippen MR) is 78.6 cm³/mol. The average Bonchev–Trinajstić information content (AvgIpc) is 3.18. The van der Waals surface area contributed by atoms with E-state index in [2.05, 4.69) is 15.2 Å². The van der Waals surface area contributed by atoms with Gasteiger partial charge in [-0.3, -0.25) is 4.90 Å². The fourth-order valence-corrected chi connectivity index (χ4v) is 2.74. The van der Waals surface area contributed by atoms with Gasteiger partial charge in [0.25, 0.3) is 0 Å². The van der Waals surface area contributed by atoms with Gasteiger partial charge in [-0.1, -0.05) is 6.07 Å². The number of nitrogens with zero attached hydrogens (tertiary/aromatic N) is 2. The van der Waals surface area contributed by atoms with Crippen LogP contribution in [0.5, 0.6) is 0 Å². The van der Waals surface area contributed by atoms with Gasteiger partial charge in [-0.05, 0) is 24.8 Å². The molecule has 6 heteroatoms. The van der Waals surface area contributed by atoms with Crippen molar-refractivity contribution in [2.45, 2.75) is 18.9 Å². The first-order valence-corrected chi connectivity index (χ1v) is 6.41. The summed E-state index contributed by atoms with van der Waals surface area (Å²) in [5.74, 6) is 0.342. The lowest BCUT2D eigenvalue weighted by Crippen LogP contribution is -2.45. The molecular formula is C13H20Cl2FN3. The molecule has 3 nitrogen and oxygen atoms in total. The Labute approximate surface area is 125 Å². The summed E-state index contributed by atoms with van der Waals surface area (Å²) in [5, 5.41) is 3.34. The van der Waals surface area contributed by atoms with Crippen molar-refractivity contribution in [3.63, 3.8) is 0 Å². The third kappa shape index (κ3) is 3.78. The number of aromatic nitrogens is 1. The Morgan fingerprint density at radius 3 is 2.53 bits per heavy atom. The zero-order chi connectivity index (χ0) is 11.7. The lowest BCUT2D eigenvalue weighted by Gasteiger charge is -2.35. The molecule has 108 valence electrons. The van der Waals surface area contributed by atoms with Crippen LogP contribution in [0.25, 0.3) is 0 Å². The van der Waals surface area contributed by atoms with Crippen LogP contribution in [0.2, 0.25) is 0 Å².